The van der Waals surface area contributed by atoms with Crippen LogP contribution in [0.2, 0.25) is 0 Å². The van der Waals surface area contributed by atoms with Gasteiger partial charge in [-0.25, -0.2) is 0 Å². The molecule has 0 spiro atoms. The van der Waals surface area contributed by atoms with Gasteiger partial charge < -0.3 is 5.32 Å². The molecule has 4 rings (SSSR count). The zero-order chi connectivity index (χ0) is 30.0. The molecule has 17 heteroatoms. The van der Waals surface area contributed by atoms with Crippen molar-refractivity contribution in [1.82, 2.24) is 0 Å². The molecule has 41 heavy (non-hydrogen) atoms. The van der Waals surface area contributed by atoms with Gasteiger partial charge in [-0.3, -0.25) is 13.7 Å². The van der Waals surface area contributed by atoms with Crippen molar-refractivity contribution in [2.45, 2.75) is 16.7 Å². The minimum atomic E-state index is -4.60. The molecular formula is C24H21N5O9S3. The molecule has 0 aliphatic carbocycles. The van der Waals surface area contributed by atoms with E-state index < -0.39 is 46.0 Å². The molecule has 14 nitrogen and oxygen atoms in total. The van der Waals surface area contributed by atoms with Crippen molar-refractivity contribution in [1.29, 1.82) is 0 Å². The third-order valence-electron chi connectivity index (χ3n) is 5.57. The fourth-order valence-electron chi connectivity index (χ4n) is 3.66. The molecule has 0 aromatic heterocycles. The van der Waals surface area contributed by atoms with Crippen LogP contribution in [0.5, 0.6) is 0 Å². The number of rotatable bonds is 9. The van der Waals surface area contributed by atoms with Gasteiger partial charge in [-0.1, -0.05) is 18.2 Å². The Kier molecular flexibility index (Phi) is 8.29. The molecule has 0 saturated heterocycles. The van der Waals surface area contributed by atoms with Crippen LogP contribution in [0.25, 0.3) is 10.8 Å². The van der Waals surface area contributed by atoms with Gasteiger partial charge in [0.15, 0.2) is 0 Å². The number of hydrogen-bond acceptors (Lipinski definition) is 11. The first-order valence-electron chi connectivity index (χ1n) is 11.4. The Balaban J connectivity index is 1.76. The number of nitrogens with zero attached hydrogens (tertiary/aromatic N) is 4. The van der Waals surface area contributed by atoms with Crippen LogP contribution in [-0.4, -0.2) is 44.8 Å². The second kappa shape index (κ2) is 11.4. The summed E-state index contributed by atoms with van der Waals surface area (Å²) in [6, 6.07) is 16.7. The van der Waals surface area contributed by atoms with E-state index in [-0.39, 0.29) is 22.4 Å². The molecule has 4 aromatic carbocycles. The molecule has 214 valence electrons. The molecule has 0 atom stereocenters. The fraction of sp³-hybridized carbons (Fsp3) is 0.0833. The Morgan fingerprint density at radius 3 is 1.83 bits per heavy atom. The fourth-order valence-corrected chi connectivity index (χ4v) is 5.14. The second-order valence-corrected chi connectivity index (χ2v) is 12.8. The highest BCUT2D eigenvalue weighted by atomic mass is 32.2. The maximum absolute atomic E-state index is 11.8. The highest BCUT2D eigenvalue weighted by molar-refractivity contribution is 7.86. The van der Waals surface area contributed by atoms with E-state index in [1.165, 1.54) is 42.5 Å². The first-order chi connectivity index (χ1) is 19.1. The highest BCUT2D eigenvalue weighted by Crippen LogP contribution is 2.37. The summed E-state index contributed by atoms with van der Waals surface area (Å²) in [6.07, 6.45) is 0. The lowest BCUT2D eigenvalue weighted by atomic mass is 10.1. The molecule has 4 N–H and O–H groups in total. The zero-order valence-electron chi connectivity index (χ0n) is 20.9. The largest absolute Gasteiger partial charge is 0.370 e. The molecule has 0 heterocycles. The predicted molar refractivity (Wildman–Crippen MR) is 150 cm³/mol. The number of azo groups is 2. The van der Waals surface area contributed by atoms with Crippen molar-refractivity contribution >= 4 is 69.6 Å². The summed E-state index contributed by atoms with van der Waals surface area (Å²) in [5, 5.41) is 19.6. The van der Waals surface area contributed by atoms with Gasteiger partial charge in [0.25, 0.3) is 30.4 Å². The van der Waals surface area contributed by atoms with Crippen LogP contribution in [0.3, 0.4) is 0 Å². The molecule has 0 fully saturated rings. The summed E-state index contributed by atoms with van der Waals surface area (Å²) >= 11 is 0. The minimum absolute atomic E-state index is 0.0973. The predicted octanol–water partition coefficient (Wildman–Crippen LogP) is 5.73. The van der Waals surface area contributed by atoms with Gasteiger partial charge >= 0.3 is 0 Å². The van der Waals surface area contributed by atoms with E-state index in [0.717, 1.165) is 18.2 Å². The lowest BCUT2D eigenvalue weighted by Gasteiger charge is -2.08. The van der Waals surface area contributed by atoms with Crippen molar-refractivity contribution < 1.29 is 38.9 Å². The topological polar surface area (TPSA) is 225 Å². The molecule has 4 aromatic rings. The standard InChI is InChI=1S/C24H21N5O9S3/c1-15-12-16(25-14-39(30,31)32)6-9-20(15)26-27-21-10-11-22(19-13-17(40(33,34)35)7-8-18(19)21)28-29-23-4-2-3-5-24(23)41(36,37)38/h2-13,25H,14H2,1H3,(H,30,31,32)(H,33,34,35)(H,36,37,38). The summed E-state index contributed by atoms with van der Waals surface area (Å²) < 4.78 is 96.8. The van der Waals surface area contributed by atoms with Crippen molar-refractivity contribution in [3.05, 3.63) is 78.4 Å². The number of anilines is 1. The Labute approximate surface area is 234 Å². The Morgan fingerprint density at radius 1 is 0.634 bits per heavy atom. The number of hydrogen-bond donors (Lipinski definition) is 4. The van der Waals surface area contributed by atoms with Gasteiger partial charge in [-0.15, -0.1) is 15.3 Å². The molecule has 0 aliphatic heterocycles. The SMILES string of the molecule is Cc1cc(NCS(=O)(=O)O)ccc1N=Nc1ccc(N=Nc2ccccc2S(=O)(=O)O)c2cc(S(=O)(=O)O)ccc12. The first kappa shape index (κ1) is 29.8. The summed E-state index contributed by atoms with van der Waals surface area (Å²) in [5.74, 6) is -0.671. The van der Waals surface area contributed by atoms with Crippen LogP contribution in [0.1, 0.15) is 5.56 Å². The van der Waals surface area contributed by atoms with Gasteiger partial charge in [0.05, 0.1) is 22.0 Å². The quantitative estimate of drug-likeness (QED) is 0.131. The zero-order valence-corrected chi connectivity index (χ0v) is 23.4. The lowest BCUT2D eigenvalue weighted by Crippen LogP contribution is -2.12. The van der Waals surface area contributed by atoms with Crippen molar-refractivity contribution in [2.24, 2.45) is 20.5 Å². The van der Waals surface area contributed by atoms with Crippen LogP contribution in [0, 0.1) is 6.92 Å². The maximum atomic E-state index is 11.8. The molecule has 0 radical (unpaired) electrons. The monoisotopic (exact) mass is 619 g/mol. The number of benzene rings is 4. The Hall–Kier alpha value is -4.13. The van der Waals surface area contributed by atoms with Crippen LogP contribution in [0.15, 0.2) is 103 Å². The van der Waals surface area contributed by atoms with Crippen LogP contribution in [-0.2, 0) is 30.4 Å². The van der Waals surface area contributed by atoms with Crippen LogP contribution in [0.4, 0.5) is 28.4 Å². The maximum Gasteiger partial charge on any atom is 0.296 e. The van der Waals surface area contributed by atoms with Crippen molar-refractivity contribution in [3.63, 3.8) is 0 Å². The Morgan fingerprint density at radius 2 is 1.22 bits per heavy atom. The third kappa shape index (κ3) is 7.54. The van der Waals surface area contributed by atoms with E-state index in [0.29, 0.717) is 22.3 Å². The van der Waals surface area contributed by atoms with Gasteiger partial charge in [0.1, 0.15) is 16.5 Å². The average Bonchev–Trinajstić information content (AvgIpc) is 2.89. The number of fused-ring (bicyclic) bond motifs is 1. The van der Waals surface area contributed by atoms with E-state index in [1.54, 1.807) is 19.1 Å². The summed E-state index contributed by atoms with van der Waals surface area (Å²) in [6.45, 7) is 1.71. The average molecular weight is 620 g/mol. The van der Waals surface area contributed by atoms with Crippen LogP contribution >= 0.6 is 0 Å². The third-order valence-corrected chi connectivity index (χ3v) is 7.83. The molecular weight excluding hydrogens is 598 g/mol. The second-order valence-electron chi connectivity index (χ2n) is 8.53. The molecule has 0 saturated carbocycles. The first-order valence-corrected chi connectivity index (χ1v) is 15.8. The van der Waals surface area contributed by atoms with E-state index in [4.69, 9.17) is 4.55 Å². The molecule has 0 bridgehead atoms. The van der Waals surface area contributed by atoms with Gasteiger partial charge in [0.2, 0.25) is 0 Å². The molecule has 0 unspecified atom stereocenters. The summed E-state index contributed by atoms with van der Waals surface area (Å²) in [5.41, 5.74) is 1.69. The Bertz CT molecular complexity index is 2040. The van der Waals surface area contributed by atoms with E-state index in [1.807, 2.05) is 0 Å². The lowest BCUT2D eigenvalue weighted by molar-refractivity contribution is 0.481. The van der Waals surface area contributed by atoms with Crippen LogP contribution < -0.4 is 5.32 Å². The highest BCUT2D eigenvalue weighted by Gasteiger charge is 2.16. The van der Waals surface area contributed by atoms with E-state index in [9.17, 15) is 34.4 Å². The minimum Gasteiger partial charge on any atom is -0.370 e. The molecule has 0 aliphatic rings. The van der Waals surface area contributed by atoms with E-state index in [2.05, 4.69) is 25.8 Å². The van der Waals surface area contributed by atoms with Gasteiger partial charge in [-0.05, 0) is 67.1 Å². The normalized spacial score (nSPS) is 12.9. The van der Waals surface area contributed by atoms with Crippen molar-refractivity contribution in [2.75, 3.05) is 11.2 Å². The smallest absolute Gasteiger partial charge is 0.296 e. The summed E-state index contributed by atoms with van der Waals surface area (Å²) in [4.78, 5) is -0.913. The number of nitrogens with one attached hydrogen (secondary N) is 1. The summed E-state index contributed by atoms with van der Waals surface area (Å²) in [7, 11) is -13.4. The van der Waals surface area contributed by atoms with Crippen molar-refractivity contribution in [3.8, 4) is 0 Å². The number of aryl methyl sites for hydroxylation is 1. The van der Waals surface area contributed by atoms with E-state index >= 15 is 0 Å². The molecule has 0 amide bonds. The van der Waals surface area contributed by atoms with Gasteiger partial charge in [0, 0.05) is 16.5 Å². The van der Waals surface area contributed by atoms with Gasteiger partial charge in [-0.2, -0.15) is 30.4 Å².